The predicted molar refractivity (Wildman–Crippen MR) is 85.7 cm³/mol. The molecule has 0 aromatic carbocycles. The summed E-state index contributed by atoms with van der Waals surface area (Å²) >= 11 is 0. The zero-order chi connectivity index (χ0) is 16.3. The van der Waals surface area contributed by atoms with Crippen LogP contribution in [0.25, 0.3) is 5.65 Å². The molecule has 3 unspecified atom stereocenters. The van der Waals surface area contributed by atoms with Gasteiger partial charge in [-0.15, -0.1) is 15.3 Å². The molecule has 8 nitrogen and oxygen atoms in total. The fourth-order valence-electron chi connectivity index (χ4n) is 3.62. The summed E-state index contributed by atoms with van der Waals surface area (Å²) in [7, 11) is 0. The van der Waals surface area contributed by atoms with Gasteiger partial charge in [0.25, 0.3) is 0 Å². The van der Waals surface area contributed by atoms with Crippen molar-refractivity contribution in [3.8, 4) is 0 Å². The Balaban J connectivity index is 1.53. The lowest BCUT2D eigenvalue weighted by atomic mass is 10.2. The summed E-state index contributed by atoms with van der Waals surface area (Å²) in [5.41, 5.74) is 0.805. The summed E-state index contributed by atoms with van der Waals surface area (Å²) in [4.78, 5) is 6.66. The minimum atomic E-state index is 0.118. The highest BCUT2D eigenvalue weighted by Gasteiger charge is 2.38. The number of fused-ring (bicyclic) bond motifs is 1. The summed E-state index contributed by atoms with van der Waals surface area (Å²) in [5, 5.41) is 17.5. The van der Waals surface area contributed by atoms with Crippen molar-refractivity contribution in [2.75, 3.05) is 11.4 Å². The second-order valence-corrected chi connectivity index (χ2v) is 6.86. The quantitative estimate of drug-likeness (QED) is 0.730. The molecule has 2 fully saturated rings. The molecule has 0 amide bonds. The van der Waals surface area contributed by atoms with Crippen LogP contribution >= 0.6 is 0 Å². The van der Waals surface area contributed by atoms with Crippen LogP contribution in [0.5, 0.6) is 0 Å². The normalized spacial score (nSPS) is 26.4. The molecule has 3 aromatic heterocycles. The molecule has 0 spiro atoms. The van der Waals surface area contributed by atoms with Crippen LogP contribution in [-0.2, 0) is 0 Å². The largest absolute Gasteiger partial charge is 0.345 e. The summed E-state index contributed by atoms with van der Waals surface area (Å²) in [6, 6.07) is 4.12. The molecule has 1 saturated heterocycles. The van der Waals surface area contributed by atoms with Gasteiger partial charge in [-0.05, 0) is 37.3 Å². The highest BCUT2D eigenvalue weighted by atomic mass is 16.5. The fraction of sp³-hybridized carbons (Fsp3) is 0.562. The number of aryl methyl sites for hydroxylation is 1. The molecular weight excluding hydrogens is 306 g/mol. The van der Waals surface area contributed by atoms with Gasteiger partial charge in [0, 0.05) is 19.4 Å². The maximum absolute atomic E-state index is 5.16. The highest BCUT2D eigenvalue weighted by molar-refractivity contribution is 5.48. The van der Waals surface area contributed by atoms with Crippen LogP contribution in [0.2, 0.25) is 0 Å². The number of nitrogens with zero attached hydrogens (tertiary/aromatic N) is 7. The van der Waals surface area contributed by atoms with E-state index in [1.54, 1.807) is 0 Å². The van der Waals surface area contributed by atoms with Crippen LogP contribution in [0, 0.1) is 12.8 Å². The second-order valence-electron chi connectivity index (χ2n) is 6.86. The molecule has 2 aliphatic rings. The average molecular weight is 325 g/mol. The third kappa shape index (κ3) is 2.09. The molecule has 8 heteroatoms. The van der Waals surface area contributed by atoms with Gasteiger partial charge in [0.2, 0.25) is 5.89 Å². The summed E-state index contributed by atoms with van der Waals surface area (Å²) < 4.78 is 7.06. The van der Waals surface area contributed by atoms with E-state index in [9.17, 15) is 0 Å². The Kier molecular flexibility index (Phi) is 2.89. The van der Waals surface area contributed by atoms with Gasteiger partial charge in [0.1, 0.15) is 5.82 Å². The Morgan fingerprint density at radius 3 is 2.88 bits per heavy atom. The van der Waals surface area contributed by atoms with Crippen molar-refractivity contribution in [1.29, 1.82) is 0 Å². The average Bonchev–Trinajstić information content (AvgIpc) is 3.03. The lowest BCUT2D eigenvalue weighted by Crippen LogP contribution is -2.25. The molecule has 1 aliphatic heterocycles. The van der Waals surface area contributed by atoms with E-state index in [0.717, 1.165) is 42.5 Å². The van der Waals surface area contributed by atoms with Crippen molar-refractivity contribution >= 4 is 11.5 Å². The monoisotopic (exact) mass is 325 g/mol. The molecule has 1 saturated carbocycles. The first-order valence-corrected chi connectivity index (χ1v) is 8.50. The Hall–Kier alpha value is -2.51. The smallest absolute Gasteiger partial charge is 0.223 e. The Bertz CT molecular complexity index is 901. The van der Waals surface area contributed by atoms with E-state index in [4.69, 9.17) is 9.62 Å². The van der Waals surface area contributed by atoms with E-state index < -0.39 is 0 Å². The second kappa shape index (κ2) is 4.99. The maximum atomic E-state index is 5.16. The van der Waals surface area contributed by atoms with Crippen LogP contribution < -0.4 is 4.90 Å². The van der Waals surface area contributed by atoms with E-state index in [0.29, 0.717) is 17.7 Å². The van der Waals surface area contributed by atoms with Crippen molar-refractivity contribution in [3.05, 3.63) is 29.7 Å². The van der Waals surface area contributed by atoms with Gasteiger partial charge >= 0.3 is 0 Å². The van der Waals surface area contributed by atoms with Gasteiger partial charge < -0.3 is 9.42 Å². The molecule has 124 valence electrons. The van der Waals surface area contributed by atoms with Crippen molar-refractivity contribution in [3.63, 3.8) is 0 Å². The van der Waals surface area contributed by atoms with Gasteiger partial charge in [-0.2, -0.15) is 9.50 Å². The Morgan fingerprint density at radius 2 is 2.12 bits per heavy atom. The standard InChI is InChI=1S/C16H19N7O/c1-9-8-11(9)16-19-18-13-5-6-14(20-23(13)16)22-7-3-4-12(22)15-17-10(2)24-21-15/h5-6,9,11-12H,3-4,7-8H2,1-2H3. The number of rotatable bonds is 3. The van der Waals surface area contributed by atoms with Crippen LogP contribution in [0.15, 0.2) is 16.7 Å². The molecular formula is C16H19N7O. The van der Waals surface area contributed by atoms with Crippen LogP contribution in [0.1, 0.15) is 55.7 Å². The van der Waals surface area contributed by atoms with Crippen molar-refractivity contribution in [1.82, 2.24) is 30.0 Å². The maximum Gasteiger partial charge on any atom is 0.223 e. The van der Waals surface area contributed by atoms with Crippen molar-refractivity contribution in [2.45, 2.75) is 45.1 Å². The van der Waals surface area contributed by atoms with Gasteiger partial charge in [0.05, 0.1) is 6.04 Å². The Morgan fingerprint density at radius 1 is 1.25 bits per heavy atom. The van der Waals surface area contributed by atoms with Crippen LogP contribution in [0.4, 0.5) is 5.82 Å². The first-order valence-electron chi connectivity index (χ1n) is 8.50. The lowest BCUT2D eigenvalue weighted by molar-refractivity contribution is 0.383. The van der Waals surface area contributed by atoms with E-state index >= 15 is 0 Å². The fourth-order valence-corrected chi connectivity index (χ4v) is 3.62. The van der Waals surface area contributed by atoms with E-state index in [1.165, 1.54) is 6.42 Å². The number of aromatic nitrogens is 6. The molecule has 4 heterocycles. The van der Waals surface area contributed by atoms with Crippen molar-refractivity contribution < 1.29 is 4.52 Å². The first-order chi connectivity index (χ1) is 11.7. The van der Waals surface area contributed by atoms with E-state index in [2.05, 4.69) is 32.2 Å². The van der Waals surface area contributed by atoms with E-state index in [-0.39, 0.29) is 6.04 Å². The van der Waals surface area contributed by atoms with Crippen LogP contribution in [-0.4, -0.2) is 36.5 Å². The first kappa shape index (κ1) is 13.9. The van der Waals surface area contributed by atoms with Crippen LogP contribution in [0.3, 0.4) is 0 Å². The molecule has 3 atom stereocenters. The minimum absolute atomic E-state index is 0.118. The van der Waals surface area contributed by atoms with E-state index in [1.807, 2.05) is 23.6 Å². The van der Waals surface area contributed by atoms with Gasteiger partial charge in [0.15, 0.2) is 17.3 Å². The summed E-state index contributed by atoms with van der Waals surface area (Å²) in [6.07, 6.45) is 3.27. The highest BCUT2D eigenvalue weighted by Crippen LogP contribution is 2.46. The molecule has 5 rings (SSSR count). The van der Waals surface area contributed by atoms with Gasteiger partial charge in [-0.25, -0.2) is 0 Å². The number of anilines is 1. The molecule has 0 bridgehead atoms. The lowest BCUT2D eigenvalue weighted by Gasteiger charge is -2.23. The number of hydrogen-bond acceptors (Lipinski definition) is 7. The zero-order valence-electron chi connectivity index (χ0n) is 13.8. The molecule has 3 aromatic rings. The molecule has 0 N–H and O–H groups in total. The number of hydrogen-bond donors (Lipinski definition) is 0. The Labute approximate surface area is 138 Å². The molecule has 0 radical (unpaired) electrons. The predicted octanol–water partition coefficient (Wildman–Crippen LogP) is 2.28. The third-order valence-corrected chi connectivity index (χ3v) is 5.10. The topological polar surface area (TPSA) is 85.2 Å². The zero-order valence-corrected chi connectivity index (χ0v) is 13.8. The summed E-state index contributed by atoms with van der Waals surface area (Å²) in [5.74, 6) is 4.39. The van der Waals surface area contributed by atoms with Gasteiger partial charge in [-0.1, -0.05) is 12.1 Å². The van der Waals surface area contributed by atoms with Crippen molar-refractivity contribution in [2.24, 2.45) is 5.92 Å². The molecule has 24 heavy (non-hydrogen) atoms. The molecule has 1 aliphatic carbocycles. The minimum Gasteiger partial charge on any atom is -0.345 e. The summed E-state index contributed by atoms with van der Waals surface area (Å²) in [6.45, 7) is 5.00. The third-order valence-electron chi connectivity index (χ3n) is 5.10. The SMILES string of the molecule is Cc1nc(C2CCCN2c2ccc3nnc(C4CC4C)n3n2)no1. The van der Waals surface area contributed by atoms with Gasteiger partial charge in [-0.3, -0.25) is 0 Å².